The van der Waals surface area contributed by atoms with Crippen LogP contribution >= 0.6 is 0 Å². The van der Waals surface area contributed by atoms with Crippen molar-refractivity contribution in [2.75, 3.05) is 0 Å². The SMILES string of the molecule is c1ccc2c(c1)CCCC1C2=NNC1c1cccc2ccccc12. The molecule has 2 nitrogen and oxygen atoms in total. The first-order valence-electron chi connectivity index (χ1n) is 8.81. The van der Waals surface area contributed by atoms with Gasteiger partial charge in [0.2, 0.25) is 0 Å². The summed E-state index contributed by atoms with van der Waals surface area (Å²) in [6.07, 6.45) is 3.58. The highest BCUT2D eigenvalue weighted by molar-refractivity contribution is 6.05. The number of benzene rings is 3. The molecule has 0 aromatic heterocycles. The number of nitrogens with zero attached hydrogens (tertiary/aromatic N) is 1. The second-order valence-electron chi connectivity index (χ2n) is 6.83. The molecular formula is C22H20N2. The normalized spacial score (nSPS) is 22.2. The van der Waals surface area contributed by atoms with Crippen LogP contribution in [0.4, 0.5) is 0 Å². The zero-order valence-corrected chi connectivity index (χ0v) is 13.6. The smallest absolute Gasteiger partial charge is 0.0780 e. The Morgan fingerprint density at radius 1 is 0.875 bits per heavy atom. The molecule has 5 rings (SSSR count). The van der Waals surface area contributed by atoms with Gasteiger partial charge in [-0.15, -0.1) is 0 Å². The van der Waals surface area contributed by atoms with Crippen molar-refractivity contribution < 1.29 is 0 Å². The van der Waals surface area contributed by atoms with Crippen LogP contribution in [0.3, 0.4) is 0 Å². The van der Waals surface area contributed by atoms with E-state index in [1.54, 1.807) is 0 Å². The van der Waals surface area contributed by atoms with Crippen LogP contribution in [-0.2, 0) is 6.42 Å². The van der Waals surface area contributed by atoms with Gasteiger partial charge in [-0.1, -0.05) is 66.7 Å². The average Bonchev–Trinajstić information content (AvgIpc) is 2.96. The maximum Gasteiger partial charge on any atom is 0.0780 e. The molecular weight excluding hydrogens is 292 g/mol. The van der Waals surface area contributed by atoms with E-state index < -0.39 is 0 Å². The number of hydrogen-bond donors (Lipinski definition) is 1. The largest absolute Gasteiger partial charge is 0.302 e. The minimum atomic E-state index is 0.275. The molecule has 0 amide bonds. The van der Waals surface area contributed by atoms with E-state index in [2.05, 4.69) is 72.2 Å². The first-order valence-corrected chi connectivity index (χ1v) is 8.81. The molecule has 3 aromatic carbocycles. The summed E-state index contributed by atoms with van der Waals surface area (Å²) >= 11 is 0. The van der Waals surface area contributed by atoms with Crippen LogP contribution < -0.4 is 5.43 Å². The van der Waals surface area contributed by atoms with Gasteiger partial charge in [-0.3, -0.25) is 0 Å². The van der Waals surface area contributed by atoms with E-state index >= 15 is 0 Å². The Hall–Kier alpha value is -2.61. The Bertz CT molecular complexity index is 936. The second kappa shape index (κ2) is 5.48. The predicted molar refractivity (Wildman–Crippen MR) is 99.2 cm³/mol. The molecule has 3 aromatic rings. The second-order valence-corrected chi connectivity index (χ2v) is 6.83. The van der Waals surface area contributed by atoms with Gasteiger partial charge < -0.3 is 5.43 Å². The van der Waals surface area contributed by atoms with Gasteiger partial charge >= 0.3 is 0 Å². The molecule has 2 aliphatic rings. The summed E-state index contributed by atoms with van der Waals surface area (Å²) < 4.78 is 0. The molecule has 118 valence electrons. The van der Waals surface area contributed by atoms with Crippen molar-refractivity contribution in [3.8, 4) is 0 Å². The van der Waals surface area contributed by atoms with Crippen LogP contribution in [0, 0.1) is 5.92 Å². The van der Waals surface area contributed by atoms with Gasteiger partial charge in [-0.05, 0) is 41.2 Å². The van der Waals surface area contributed by atoms with E-state index in [4.69, 9.17) is 5.10 Å². The van der Waals surface area contributed by atoms with Crippen molar-refractivity contribution in [1.29, 1.82) is 0 Å². The third-order valence-electron chi connectivity index (χ3n) is 5.49. The molecule has 24 heavy (non-hydrogen) atoms. The summed E-state index contributed by atoms with van der Waals surface area (Å²) in [6.45, 7) is 0. The van der Waals surface area contributed by atoms with Gasteiger partial charge in [0.05, 0.1) is 11.8 Å². The van der Waals surface area contributed by atoms with Crippen LogP contribution in [0.2, 0.25) is 0 Å². The standard InChI is InChI=1S/C22H20N2/c1-3-11-17-15(7-1)9-5-13-19(17)22-20-14-6-10-16-8-2-4-12-18(16)21(20)23-24-22/h1-5,7-9,11-13,20,22,24H,6,10,14H2. The molecule has 2 unspecified atom stereocenters. The predicted octanol–water partition coefficient (Wildman–Crippen LogP) is 4.84. The van der Waals surface area contributed by atoms with Gasteiger partial charge in [0.25, 0.3) is 0 Å². The maximum absolute atomic E-state index is 4.79. The third kappa shape index (κ3) is 2.06. The fourth-order valence-electron chi connectivity index (χ4n) is 4.34. The van der Waals surface area contributed by atoms with Gasteiger partial charge in [0.1, 0.15) is 0 Å². The Morgan fingerprint density at radius 3 is 2.71 bits per heavy atom. The summed E-state index contributed by atoms with van der Waals surface area (Å²) in [4.78, 5) is 0. The molecule has 2 atom stereocenters. The number of fused-ring (bicyclic) bond motifs is 4. The lowest BCUT2D eigenvalue weighted by molar-refractivity contribution is 0.465. The molecule has 1 N–H and O–H groups in total. The monoisotopic (exact) mass is 312 g/mol. The van der Waals surface area contributed by atoms with E-state index in [1.807, 2.05) is 0 Å². The Morgan fingerprint density at radius 2 is 1.71 bits per heavy atom. The quantitative estimate of drug-likeness (QED) is 0.683. The Kier molecular flexibility index (Phi) is 3.15. The lowest BCUT2D eigenvalue weighted by Gasteiger charge is -2.21. The minimum Gasteiger partial charge on any atom is -0.302 e. The van der Waals surface area contributed by atoms with Crippen molar-refractivity contribution in [3.63, 3.8) is 0 Å². The number of rotatable bonds is 1. The Balaban J connectivity index is 1.61. The first-order chi connectivity index (χ1) is 11.9. The average molecular weight is 312 g/mol. The molecule has 2 heteroatoms. The molecule has 0 saturated carbocycles. The highest BCUT2D eigenvalue weighted by atomic mass is 15.3. The number of aryl methyl sites for hydroxylation is 1. The summed E-state index contributed by atoms with van der Waals surface area (Å²) in [6, 6.07) is 24.3. The van der Waals surface area contributed by atoms with Crippen molar-refractivity contribution in [1.82, 2.24) is 5.43 Å². The minimum absolute atomic E-state index is 0.275. The molecule has 1 aliphatic carbocycles. The van der Waals surface area contributed by atoms with Gasteiger partial charge in [0.15, 0.2) is 0 Å². The summed E-state index contributed by atoms with van der Waals surface area (Å²) in [7, 11) is 0. The zero-order valence-electron chi connectivity index (χ0n) is 13.6. The van der Waals surface area contributed by atoms with Crippen LogP contribution in [0.1, 0.15) is 35.6 Å². The first kappa shape index (κ1) is 13.8. The van der Waals surface area contributed by atoms with Crippen molar-refractivity contribution in [2.24, 2.45) is 11.0 Å². The molecule has 1 heterocycles. The van der Waals surface area contributed by atoms with Crippen LogP contribution in [0.15, 0.2) is 71.8 Å². The van der Waals surface area contributed by atoms with Crippen LogP contribution in [-0.4, -0.2) is 5.71 Å². The summed E-state index contributed by atoms with van der Waals surface area (Å²) in [5.74, 6) is 0.458. The number of hydrogen-bond acceptors (Lipinski definition) is 2. The lowest BCUT2D eigenvalue weighted by atomic mass is 9.84. The fourth-order valence-corrected chi connectivity index (χ4v) is 4.34. The third-order valence-corrected chi connectivity index (χ3v) is 5.49. The van der Waals surface area contributed by atoms with Crippen LogP contribution in [0.25, 0.3) is 10.8 Å². The Labute approximate surface area is 142 Å². The highest BCUT2D eigenvalue weighted by Crippen LogP contribution is 2.39. The van der Waals surface area contributed by atoms with Gasteiger partial charge in [-0.25, -0.2) is 0 Å². The molecule has 0 saturated heterocycles. The fraction of sp³-hybridized carbons (Fsp3) is 0.227. The molecule has 0 bridgehead atoms. The number of nitrogens with one attached hydrogen (secondary N) is 1. The van der Waals surface area contributed by atoms with Gasteiger partial charge in [-0.2, -0.15) is 5.10 Å². The highest BCUT2D eigenvalue weighted by Gasteiger charge is 2.36. The van der Waals surface area contributed by atoms with Crippen molar-refractivity contribution in [3.05, 3.63) is 83.4 Å². The van der Waals surface area contributed by atoms with E-state index in [1.165, 1.54) is 46.0 Å². The van der Waals surface area contributed by atoms with Crippen molar-refractivity contribution in [2.45, 2.75) is 25.3 Å². The lowest BCUT2D eigenvalue weighted by Crippen LogP contribution is -2.21. The molecule has 1 aliphatic heterocycles. The van der Waals surface area contributed by atoms with E-state index in [9.17, 15) is 0 Å². The number of hydrazone groups is 1. The maximum atomic E-state index is 4.79. The van der Waals surface area contributed by atoms with E-state index in [0.29, 0.717) is 5.92 Å². The van der Waals surface area contributed by atoms with Crippen LogP contribution in [0.5, 0.6) is 0 Å². The molecule has 0 radical (unpaired) electrons. The topological polar surface area (TPSA) is 24.4 Å². The van der Waals surface area contributed by atoms with Gasteiger partial charge in [0, 0.05) is 11.5 Å². The van der Waals surface area contributed by atoms with Crippen molar-refractivity contribution >= 4 is 16.5 Å². The van der Waals surface area contributed by atoms with E-state index in [0.717, 1.165) is 6.42 Å². The molecule has 0 spiro atoms. The van der Waals surface area contributed by atoms with E-state index in [-0.39, 0.29) is 6.04 Å². The molecule has 0 fully saturated rings. The summed E-state index contributed by atoms with van der Waals surface area (Å²) in [5.41, 5.74) is 8.87. The zero-order chi connectivity index (χ0) is 15.9. The summed E-state index contributed by atoms with van der Waals surface area (Å²) in [5, 5.41) is 7.43.